The molecule has 3 heterocycles. The van der Waals surface area contributed by atoms with E-state index in [0.717, 1.165) is 10.8 Å². The predicted octanol–water partition coefficient (Wildman–Crippen LogP) is 1.84. The van der Waals surface area contributed by atoms with Crippen LogP contribution >= 0.6 is 22.9 Å². The fraction of sp³-hybridized carbons (Fsp3) is 0.500. The van der Waals surface area contributed by atoms with Gasteiger partial charge in [0.05, 0.1) is 34.1 Å². The van der Waals surface area contributed by atoms with Gasteiger partial charge in [0.15, 0.2) is 0 Å². The quantitative estimate of drug-likeness (QED) is 0.543. The van der Waals surface area contributed by atoms with Crippen molar-refractivity contribution >= 4 is 46.3 Å². The van der Waals surface area contributed by atoms with E-state index in [0.29, 0.717) is 5.52 Å². The molecule has 21 heavy (non-hydrogen) atoms. The summed E-state index contributed by atoms with van der Waals surface area (Å²) in [5, 5.41) is 0.881. The number of aryl methyl sites for hydroxylation is 1. The highest BCUT2D eigenvalue weighted by Gasteiger charge is 2.52. The van der Waals surface area contributed by atoms with Crippen molar-refractivity contribution in [2.24, 2.45) is 7.05 Å². The molecule has 0 N–H and O–H groups in total. The second-order valence-electron chi connectivity index (χ2n) is 6.48. The van der Waals surface area contributed by atoms with Gasteiger partial charge in [0.25, 0.3) is 5.56 Å². The molecule has 112 valence electrons. The Morgan fingerprint density at radius 3 is 2.33 bits per heavy atom. The lowest BCUT2D eigenvalue weighted by Gasteiger charge is -2.32. The molecule has 2 aromatic heterocycles. The van der Waals surface area contributed by atoms with Gasteiger partial charge in [-0.1, -0.05) is 0 Å². The average Bonchev–Trinajstić information content (AvgIpc) is 2.83. The summed E-state index contributed by atoms with van der Waals surface area (Å²) in [7, 11) is 1.28. The molecule has 0 spiro atoms. The second-order valence-corrected chi connectivity index (χ2v) is 7.52. The van der Waals surface area contributed by atoms with Crippen LogP contribution in [0.1, 0.15) is 27.7 Å². The fourth-order valence-electron chi connectivity index (χ4n) is 2.51. The highest BCUT2D eigenvalue weighted by Crippen LogP contribution is 2.36. The zero-order valence-corrected chi connectivity index (χ0v) is 15.0. The molecule has 1 aliphatic heterocycles. The first-order chi connectivity index (χ1) is 9.64. The Hall–Kier alpha value is -0.795. The molecular weight excluding hydrogens is 382 g/mol. The minimum Gasteiger partial charge on any atom is -0.399 e. The summed E-state index contributed by atoms with van der Waals surface area (Å²) in [6, 6.07) is 1.93. The maximum absolute atomic E-state index is 12.3. The van der Waals surface area contributed by atoms with Gasteiger partial charge in [0, 0.05) is 30.3 Å². The third-order valence-electron chi connectivity index (χ3n) is 4.51. The third kappa shape index (κ3) is 2.17. The lowest BCUT2D eigenvalue weighted by atomic mass is 9.78. The van der Waals surface area contributed by atoms with Crippen LogP contribution < -0.4 is 11.0 Å². The van der Waals surface area contributed by atoms with E-state index in [1.54, 1.807) is 11.6 Å². The number of fused-ring (bicyclic) bond motifs is 1. The number of nitrogens with zero attached hydrogens (tertiary/aromatic N) is 2. The van der Waals surface area contributed by atoms with Crippen LogP contribution in [0.15, 0.2) is 23.3 Å². The first kappa shape index (κ1) is 15.1. The van der Waals surface area contributed by atoms with Crippen molar-refractivity contribution in [3.63, 3.8) is 0 Å². The Kier molecular flexibility index (Phi) is 3.31. The predicted molar refractivity (Wildman–Crippen MR) is 92.3 cm³/mol. The summed E-state index contributed by atoms with van der Waals surface area (Å²) < 4.78 is 15.6. The highest BCUT2D eigenvalue weighted by molar-refractivity contribution is 14.1. The Morgan fingerprint density at radius 1 is 1.19 bits per heavy atom. The molecule has 0 aromatic carbocycles. The van der Waals surface area contributed by atoms with Crippen molar-refractivity contribution in [1.29, 1.82) is 0 Å². The molecule has 0 aliphatic carbocycles. The molecular formula is C14H18BIN2O3. The molecule has 1 fully saturated rings. The van der Waals surface area contributed by atoms with Crippen molar-refractivity contribution < 1.29 is 9.31 Å². The number of aromatic nitrogens is 2. The van der Waals surface area contributed by atoms with E-state index in [9.17, 15) is 4.79 Å². The van der Waals surface area contributed by atoms with Gasteiger partial charge in [0.1, 0.15) is 5.52 Å². The molecule has 0 bridgehead atoms. The molecule has 1 aliphatic rings. The van der Waals surface area contributed by atoms with Crippen molar-refractivity contribution in [3.05, 3.63) is 28.8 Å². The molecule has 5 nitrogen and oxygen atoms in total. The Morgan fingerprint density at radius 2 is 1.76 bits per heavy atom. The van der Waals surface area contributed by atoms with Gasteiger partial charge in [-0.05, 0) is 33.8 Å². The van der Waals surface area contributed by atoms with E-state index in [4.69, 9.17) is 9.31 Å². The van der Waals surface area contributed by atoms with E-state index in [2.05, 4.69) is 22.9 Å². The summed E-state index contributed by atoms with van der Waals surface area (Å²) in [5.41, 5.74) is 0.730. The first-order valence-corrected chi connectivity index (χ1v) is 7.83. The Labute approximate surface area is 137 Å². The fourth-order valence-corrected chi connectivity index (χ4v) is 3.14. The van der Waals surface area contributed by atoms with E-state index in [-0.39, 0.29) is 5.56 Å². The van der Waals surface area contributed by atoms with Crippen LogP contribution in [0.25, 0.3) is 10.9 Å². The Bertz CT molecular complexity index is 762. The van der Waals surface area contributed by atoms with Gasteiger partial charge in [-0.3, -0.25) is 7.58 Å². The largest absolute Gasteiger partial charge is 0.497 e. The maximum Gasteiger partial charge on any atom is 0.497 e. The first-order valence-electron chi connectivity index (χ1n) is 6.86. The maximum atomic E-state index is 12.3. The molecule has 0 saturated carbocycles. The molecule has 2 aromatic rings. The summed E-state index contributed by atoms with van der Waals surface area (Å²) in [5.74, 6) is 0. The van der Waals surface area contributed by atoms with E-state index in [1.807, 2.05) is 48.9 Å². The van der Waals surface area contributed by atoms with Crippen LogP contribution in [0.5, 0.6) is 0 Å². The molecule has 0 amide bonds. The van der Waals surface area contributed by atoms with Crippen molar-refractivity contribution in [3.8, 4) is 0 Å². The number of hydrogen-bond donors (Lipinski definition) is 0. The van der Waals surface area contributed by atoms with E-state index in [1.165, 1.54) is 0 Å². The van der Waals surface area contributed by atoms with Gasteiger partial charge in [-0.25, -0.2) is 0 Å². The molecule has 0 atom stereocenters. The number of halogens is 1. The van der Waals surface area contributed by atoms with Crippen LogP contribution in [0, 0.1) is 0 Å². The topological polar surface area (TPSA) is 45.4 Å². The van der Waals surface area contributed by atoms with Crippen molar-refractivity contribution in [1.82, 2.24) is 7.35 Å². The zero-order chi connectivity index (χ0) is 15.6. The summed E-state index contributed by atoms with van der Waals surface area (Å²) in [4.78, 5) is 12.3. The molecule has 3 rings (SSSR count). The molecule has 7 heteroatoms. The van der Waals surface area contributed by atoms with Gasteiger partial charge in [-0.2, -0.15) is 0 Å². The standard InChI is InChI=1S/C14H18BIN2O3/c1-13(2)14(3,4)21-15(20-13)10-8-17(5)12(19)11-9(10)6-7-18(11)16/h6-8H,1-5H3. The van der Waals surface area contributed by atoms with Gasteiger partial charge in [-0.15, -0.1) is 0 Å². The highest BCUT2D eigenvalue weighted by atomic mass is 127. The van der Waals surface area contributed by atoms with Gasteiger partial charge in [0.2, 0.25) is 0 Å². The van der Waals surface area contributed by atoms with E-state index >= 15 is 0 Å². The summed E-state index contributed by atoms with van der Waals surface area (Å²) in [6.45, 7) is 8.09. The summed E-state index contributed by atoms with van der Waals surface area (Å²) >= 11 is 2.11. The molecule has 0 radical (unpaired) electrons. The lowest BCUT2D eigenvalue weighted by Crippen LogP contribution is -2.41. The van der Waals surface area contributed by atoms with Crippen LogP contribution in [0.3, 0.4) is 0 Å². The molecule has 1 saturated heterocycles. The van der Waals surface area contributed by atoms with Crippen LogP contribution in [0.4, 0.5) is 0 Å². The van der Waals surface area contributed by atoms with Gasteiger partial charge >= 0.3 is 7.12 Å². The SMILES string of the molecule is Cn1cc(B2OC(C)(C)C(C)(C)O2)c2ccn(I)c2c1=O. The number of pyridine rings is 1. The van der Waals surface area contributed by atoms with Crippen LogP contribution in [-0.2, 0) is 16.4 Å². The van der Waals surface area contributed by atoms with Gasteiger partial charge < -0.3 is 13.9 Å². The lowest BCUT2D eigenvalue weighted by molar-refractivity contribution is 0.00578. The smallest absolute Gasteiger partial charge is 0.399 e. The second kappa shape index (κ2) is 4.60. The van der Waals surface area contributed by atoms with E-state index < -0.39 is 18.3 Å². The number of rotatable bonds is 1. The third-order valence-corrected chi connectivity index (χ3v) is 5.32. The normalized spacial score (nSPS) is 20.4. The Balaban J connectivity index is 2.19. The van der Waals surface area contributed by atoms with Crippen molar-refractivity contribution in [2.45, 2.75) is 38.9 Å². The van der Waals surface area contributed by atoms with Crippen LogP contribution in [-0.4, -0.2) is 25.7 Å². The molecule has 0 unspecified atom stereocenters. The number of hydrogen-bond acceptors (Lipinski definition) is 3. The monoisotopic (exact) mass is 400 g/mol. The zero-order valence-electron chi connectivity index (χ0n) is 12.8. The summed E-state index contributed by atoms with van der Waals surface area (Å²) in [6.07, 6.45) is 3.69. The average molecular weight is 400 g/mol. The minimum absolute atomic E-state index is 0.0235. The minimum atomic E-state index is -0.469. The van der Waals surface area contributed by atoms with Crippen molar-refractivity contribution in [2.75, 3.05) is 0 Å². The van der Waals surface area contributed by atoms with Crippen LogP contribution in [0.2, 0.25) is 0 Å².